The van der Waals surface area contributed by atoms with E-state index < -0.39 is 59.5 Å². The molecule has 7 atom stereocenters. The fourth-order valence-electron chi connectivity index (χ4n) is 7.55. The zero-order valence-corrected chi connectivity index (χ0v) is 29.4. The van der Waals surface area contributed by atoms with Crippen LogP contribution in [0.4, 0.5) is 5.69 Å². The Morgan fingerprint density at radius 2 is 1.77 bits per heavy atom. The molecule has 4 aliphatic heterocycles. The van der Waals surface area contributed by atoms with E-state index in [9.17, 15) is 24.3 Å². The number of benzene rings is 2. The molecule has 0 aliphatic carbocycles. The molecule has 6 rings (SSSR count). The Labute approximate surface area is 293 Å². The Morgan fingerprint density at radius 1 is 1.02 bits per heavy atom. The Kier molecular flexibility index (Phi) is 9.86. The summed E-state index contributed by atoms with van der Waals surface area (Å²) in [6.07, 6.45) is 4.56. The van der Waals surface area contributed by atoms with Crippen LogP contribution >= 0.6 is 27.5 Å². The van der Waals surface area contributed by atoms with Gasteiger partial charge < -0.3 is 29.3 Å². The van der Waals surface area contributed by atoms with Gasteiger partial charge in [0.1, 0.15) is 29.8 Å². The number of aliphatic hydroxyl groups excluding tert-OH is 1. The van der Waals surface area contributed by atoms with Gasteiger partial charge in [-0.25, -0.2) is 0 Å². The van der Waals surface area contributed by atoms with Crippen molar-refractivity contribution in [3.8, 4) is 0 Å². The number of carbonyl (C=O) groups is 4. The van der Waals surface area contributed by atoms with Crippen LogP contribution in [0.25, 0.3) is 0 Å². The van der Waals surface area contributed by atoms with Gasteiger partial charge in [0.2, 0.25) is 11.8 Å². The topological polar surface area (TPSA) is 117 Å². The minimum absolute atomic E-state index is 0.0764. The summed E-state index contributed by atoms with van der Waals surface area (Å²) in [5.74, 6) is -3.79. The minimum atomic E-state index is -1.48. The van der Waals surface area contributed by atoms with Gasteiger partial charge in [-0.3, -0.25) is 19.2 Å². The number of carbonyl (C=O) groups excluding carboxylic acids is 4. The summed E-state index contributed by atoms with van der Waals surface area (Å²) in [6, 6.07) is 12.9. The third-order valence-corrected chi connectivity index (χ3v) is 11.0. The molecule has 2 aromatic carbocycles. The van der Waals surface area contributed by atoms with E-state index in [1.807, 2.05) is 62.4 Å². The molecular weight excluding hydrogens is 702 g/mol. The zero-order chi connectivity index (χ0) is 34.3. The molecule has 4 heterocycles. The Hall–Kier alpha value is -3.51. The number of aliphatic hydroxyl groups is 1. The maximum absolute atomic E-state index is 15.0. The van der Waals surface area contributed by atoms with E-state index >= 15 is 0 Å². The van der Waals surface area contributed by atoms with Gasteiger partial charge in [-0.1, -0.05) is 82.1 Å². The third kappa shape index (κ3) is 5.78. The summed E-state index contributed by atoms with van der Waals surface area (Å²) in [6.45, 7) is 3.67. The monoisotopic (exact) mass is 739 g/mol. The van der Waals surface area contributed by atoms with Crippen molar-refractivity contribution in [1.29, 1.82) is 0 Å². The molecule has 1 N–H and O–H groups in total. The molecule has 2 aromatic rings. The third-order valence-electron chi connectivity index (χ3n) is 10.0. The van der Waals surface area contributed by atoms with Crippen molar-refractivity contribution in [1.82, 2.24) is 9.80 Å². The number of halogens is 2. The van der Waals surface area contributed by atoms with Crippen molar-refractivity contribution < 1.29 is 33.8 Å². The number of likely N-dealkylation sites (tertiary alicyclic amines) is 1. The molecule has 5 bridgehead atoms. The summed E-state index contributed by atoms with van der Waals surface area (Å²) in [5, 5.41) is 10.1. The number of hydrogen-bond acceptors (Lipinski definition) is 7. The van der Waals surface area contributed by atoms with Crippen LogP contribution in [0.5, 0.6) is 0 Å². The standard InChI is InChI=1S/C36H39BrClN3O7/c1-21-12-10-15-25(38)29(21)40-17-9-5-8-16-26(43)39(3)22(2)30(23-13-6-4-7-14-23)47-35(46)27-28-33(44)41(18-11-19-42)32(34(40)45)36(28)20-24(37)31(27)48-36/h4-7,9-10,12-15,20,22,27-28,30-32,42H,8,11,16-19H2,1-3H3/b9-5-/t22-,27+,28-,30+,31+,32+,36-/m1/s1. The van der Waals surface area contributed by atoms with Crippen molar-refractivity contribution in [3.63, 3.8) is 0 Å². The summed E-state index contributed by atoms with van der Waals surface area (Å²) >= 11 is 10.3. The van der Waals surface area contributed by atoms with Gasteiger partial charge in [0.15, 0.2) is 0 Å². The molecule has 254 valence electrons. The van der Waals surface area contributed by atoms with E-state index in [1.54, 1.807) is 35.1 Å². The summed E-state index contributed by atoms with van der Waals surface area (Å²) in [7, 11) is 1.69. The molecule has 4 aliphatic rings. The van der Waals surface area contributed by atoms with Crippen LogP contribution in [0.1, 0.15) is 43.4 Å². The molecule has 1 spiro atoms. The lowest BCUT2D eigenvalue weighted by atomic mass is 9.74. The number of nitrogens with zero attached hydrogens (tertiary/aromatic N) is 3. The fourth-order valence-corrected chi connectivity index (χ4v) is 8.61. The number of amides is 3. The van der Waals surface area contributed by atoms with E-state index in [-0.39, 0.29) is 38.4 Å². The van der Waals surface area contributed by atoms with Crippen molar-refractivity contribution in [2.75, 3.05) is 31.6 Å². The first-order valence-corrected chi connectivity index (χ1v) is 17.4. The highest BCUT2D eigenvalue weighted by molar-refractivity contribution is 9.11. The second kappa shape index (κ2) is 13.8. The normalized spacial score (nSPS) is 31.6. The molecule has 10 nitrogen and oxygen atoms in total. The zero-order valence-electron chi connectivity index (χ0n) is 27.1. The van der Waals surface area contributed by atoms with Crippen molar-refractivity contribution in [2.45, 2.75) is 63.0 Å². The molecule has 3 amide bonds. The van der Waals surface area contributed by atoms with E-state index in [4.69, 9.17) is 21.1 Å². The number of esters is 1. The molecule has 0 unspecified atom stereocenters. The van der Waals surface area contributed by atoms with E-state index in [0.29, 0.717) is 27.2 Å². The Balaban J connectivity index is 1.50. The van der Waals surface area contributed by atoms with Gasteiger partial charge in [0.25, 0.3) is 5.91 Å². The maximum Gasteiger partial charge on any atom is 0.313 e. The van der Waals surface area contributed by atoms with Crippen LogP contribution in [0.15, 0.2) is 71.2 Å². The number of anilines is 1. The highest BCUT2D eigenvalue weighted by Crippen LogP contribution is 2.59. The highest BCUT2D eigenvalue weighted by Gasteiger charge is 2.75. The predicted octanol–water partition coefficient (Wildman–Crippen LogP) is 4.72. The van der Waals surface area contributed by atoms with Gasteiger partial charge in [-0.05, 0) is 50.0 Å². The van der Waals surface area contributed by atoms with Crippen molar-refractivity contribution in [3.05, 3.63) is 87.4 Å². The Morgan fingerprint density at radius 3 is 2.48 bits per heavy atom. The highest BCUT2D eigenvalue weighted by atomic mass is 79.9. The molecule has 0 saturated carbocycles. The van der Waals surface area contributed by atoms with Crippen LogP contribution < -0.4 is 4.90 Å². The molecule has 2 fully saturated rings. The lowest BCUT2D eigenvalue weighted by Gasteiger charge is -2.36. The molecule has 2 saturated heterocycles. The molecule has 0 aromatic heterocycles. The van der Waals surface area contributed by atoms with Gasteiger partial charge in [-0.15, -0.1) is 0 Å². The van der Waals surface area contributed by atoms with Crippen LogP contribution in [-0.2, 0) is 28.7 Å². The van der Waals surface area contributed by atoms with Gasteiger partial charge >= 0.3 is 5.97 Å². The van der Waals surface area contributed by atoms with Gasteiger partial charge in [0.05, 0.1) is 22.7 Å². The SMILES string of the molecule is Cc1cccc(Cl)c1N1C/C=C\CCC(=O)N(C)[C@H](C)[C@@H](c2ccccc2)OC(=O)[C@@H]2[C@H]3O[C@@]4(C=C3Br)[C@H](C1=O)N(CCCO)C(=O)[C@@H]24. The number of fused-ring (bicyclic) bond motifs is 2. The van der Waals surface area contributed by atoms with Crippen LogP contribution in [0.2, 0.25) is 5.02 Å². The number of para-hydroxylation sites is 1. The number of likely N-dealkylation sites (N-methyl/N-ethyl adjacent to an activating group) is 1. The predicted molar refractivity (Wildman–Crippen MR) is 183 cm³/mol. The number of cyclic esters (lactones) is 1. The van der Waals surface area contributed by atoms with Crippen LogP contribution in [0, 0.1) is 18.8 Å². The van der Waals surface area contributed by atoms with Crippen molar-refractivity contribution >= 4 is 56.9 Å². The first kappa shape index (κ1) is 34.4. The maximum atomic E-state index is 15.0. The molecular formula is C36H39BrClN3O7. The smallest absolute Gasteiger partial charge is 0.313 e. The quantitative estimate of drug-likeness (QED) is 0.349. The Bertz CT molecular complexity index is 1650. The van der Waals surface area contributed by atoms with Gasteiger partial charge in [0, 0.05) is 37.6 Å². The average molecular weight is 741 g/mol. The second-order valence-electron chi connectivity index (χ2n) is 12.8. The van der Waals surface area contributed by atoms with Crippen LogP contribution in [-0.4, -0.2) is 89.1 Å². The second-order valence-corrected chi connectivity index (χ2v) is 14.1. The van der Waals surface area contributed by atoms with Crippen LogP contribution in [0.3, 0.4) is 0 Å². The number of allylic oxidation sites excluding steroid dienone is 1. The summed E-state index contributed by atoms with van der Waals surface area (Å²) in [5.41, 5.74) is 0.457. The van der Waals surface area contributed by atoms with Gasteiger partial charge in [-0.2, -0.15) is 0 Å². The fraction of sp³-hybridized carbons (Fsp3) is 0.444. The number of aryl methyl sites for hydroxylation is 1. The molecule has 12 heteroatoms. The lowest BCUT2D eigenvalue weighted by molar-refractivity contribution is -0.164. The first-order chi connectivity index (χ1) is 23.0. The number of ether oxygens (including phenoxy) is 2. The summed E-state index contributed by atoms with van der Waals surface area (Å²) < 4.78 is 13.4. The lowest BCUT2D eigenvalue weighted by Crippen LogP contribution is -2.56. The van der Waals surface area contributed by atoms with E-state index in [2.05, 4.69) is 15.9 Å². The number of rotatable bonds is 5. The molecule has 0 radical (unpaired) electrons. The van der Waals surface area contributed by atoms with E-state index in [0.717, 1.165) is 5.56 Å². The largest absolute Gasteiger partial charge is 0.455 e. The number of hydrogen-bond donors (Lipinski definition) is 1. The van der Waals surface area contributed by atoms with Crippen molar-refractivity contribution in [2.24, 2.45) is 11.8 Å². The van der Waals surface area contributed by atoms with E-state index in [1.165, 1.54) is 4.90 Å². The minimum Gasteiger partial charge on any atom is -0.455 e. The first-order valence-electron chi connectivity index (χ1n) is 16.2. The molecule has 48 heavy (non-hydrogen) atoms. The average Bonchev–Trinajstić information content (AvgIpc) is 3.66. The summed E-state index contributed by atoms with van der Waals surface area (Å²) in [4.78, 5) is 61.8.